The number of ether oxygens (including phenoxy) is 1. The van der Waals surface area contributed by atoms with E-state index in [1.165, 1.54) is 0 Å². The molecule has 35 heavy (non-hydrogen) atoms. The third kappa shape index (κ3) is 3.54. The third-order valence-corrected chi connectivity index (χ3v) is 6.80. The van der Waals surface area contributed by atoms with Crippen LogP contribution in [0.4, 0.5) is 0 Å². The normalized spacial score (nSPS) is 13.3. The second-order valence-corrected chi connectivity index (χ2v) is 8.86. The first-order valence-electron chi connectivity index (χ1n) is 11.1. The van der Waals surface area contributed by atoms with E-state index in [9.17, 15) is 9.59 Å². The maximum atomic E-state index is 13.3. The Morgan fingerprint density at radius 1 is 1.09 bits per heavy atom. The zero-order valence-corrected chi connectivity index (χ0v) is 19.5. The highest BCUT2D eigenvalue weighted by molar-refractivity contribution is 6.31. The molecule has 1 N–H and O–H groups in total. The first kappa shape index (κ1) is 21.4. The van der Waals surface area contributed by atoms with Gasteiger partial charge in [-0.05, 0) is 66.1 Å². The predicted octanol–water partition coefficient (Wildman–Crippen LogP) is 4.10. The molecule has 0 saturated carbocycles. The van der Waals surface area contributed by atoms with Crippen LogP contribution in [0, 0.1) is 0 Å². The summed E-state index contributed by atoms with van der Waals surface area (Å²) in [5.74, 6) is 1.15. The highest BCUT2D eigenvalue weighted by atomic mass is 35.5. The number of nitrogens with zero attached hydrogens (tertiary/aromatic N) is 4. The van der Waals surface area contributed by atoms with Crippen LogP contribution in [0.15, 0.2) is 65.5 Å². The van der Waals surface area contributed by atoms with Crippen molar-refractivity contribution in [1.82, 2.24) is 24.5 Å². The van der Waals surface area contributed by atoms with Crippen molar-refractivity contribution in [2.24, 2.45) is 0 Å². The van der Waals surface area contributed by atoms with Crippen molar-refractivity contribution in [2.75, 3.05) is 13.7 Å². The van der Waals surface area contributed by atoms with Gasteiger partial charge in [-0.1, -0.05) is 23.7 Å². The standard InChI is InChI=1S/C26H20ClN5O3/c1-35-18-8-5-15(6-9-18)23-29-30-24-25(33)28-21-13-16(7-10-22(21)32(23)24)26(34)31-12-11-19-17(14-31)3-2-4-20(19)27/h2-10,13H,11-12,14H2,1H3,(H,28,33). The van der Waals surface area contributed by atoms with Gasteiger partial charge in [0.2, 0.25) is 5.65 Å². The lowest BCUT2D eigenvalue weighted by Gasteiger charge is -2.29. The topological polar surface area (TPSA) is 92.6 Å². The Balaban J connectivity index is 1.40. The molecular formula is C26H20ClN5O3. The molecule has 0 radical (unpaired) electrons. The maximum Gasteiger partial charge on any atom is 0.294 e. The number of rotatable bonds is 3. The average Bonchev–Trinajstić information content (AvgIpc) is 3.34. The molecule has 3 heterocycles. The van der Waals surface area contributed by atoms with E-state index in [2.05, 4.69) is 15.2 Å². The summed E-state index contributed by atoms with van der Waals surface area (Å²) in [6.45, 7) is 1.07. The van der Waals surface area contributed by atoms with Gasteiger partial charge in [-0.15, -0.1) is 10.2 Å². The van der Waals surface area contributed by atoms with Gasteiger partial charge in [-0.2, -0.15) is 0 Å². The number of hydrogen-bond acceptors (Lipinski definition) is 5. The Morgan fingerprint density at radius 3 is 2.71 bits per heavy atom. The number of amides is 1. The van der Waals surface area contributed by atoms with Crippen LogP contribution < -0.4 is 10.3 Å². The molecule has 8 nitrogen and oxygen atoms in total. The summed E-state index contributed by atoms with van der Waals surface area (Å²) in [6, 6.07) is 18.5. The van der Waals surface area contributed by atoms with E-state index in [0.29, 0.717) is 41.9 Å². The van der Waals surface area contributed by atoms with Crippen molar-refractivity contribution in [3.05, 3.63) is 92.7 Å². The van der Waals surface area contributed by atoms with Gasteiger partial charge in [-0.3, -0.25) is 14.0 Å². The highest BCUT2D eigenvalue weighted by Gasteiger charge is 2.24. The van der Waals surface area contributed by atoms with Crippen LogP contribution in [0.2, 0.25) is 5.02 Å². The number of carbonyl (C=O) groups excluding carboxylic acids is 1. The lowest BCUT2D eigenvalue weighted by atomic mass is 9.99. The summed E-state index contributed by atoms with van der Waals surface area (Å²) in [4.78, 5) is 30.8. The van der Waals surface area contributed by atoms with Crippen LogP contribution in [-0.4, -0.2) is 44.0 Å². The minimum Gasteiger partial charge on any atom is -0.497 e. The van der Waals surface area contributed by atoms with Crippen molar-refractivity contribution < 1.29 is 9.53 Å². The number of fused-ring (bicyclic) bond motifs is 4. The minimum absolute atomic E-state index is 0.0994. The summed E-state index contributed by atoms with van der Waals surface area (Å²) < 4.78 is 6.95. The lowest BCUT2D eigenvalue weighted by Crippen LogP contribution is -2.36. The number of halogens is 1. The van der Waals surface area contributed by atoms with E-state index < -0.39 is 0 Å². The van der Waals surface area contributed by atoms with Crippen LogP contribution in [0.25, 0.3) is 28.1 Å². The molecule has 1 aliphatic heterocycles. The van der Waals surface area contributed by atoms with Crippen LogP contribution in [-0.2, 0) is 13.0 Å². The smallest absolute Gasteiger partial charge is 0.294 e. The number of aromatic amines is 1. The summed E-state index contributed by atoms with van der Waals surface area (Å²) >= 11 is 6.32. The number of benzene rings is 3. The molecule has 0 spiro atoms. The molecule has 1 aliphatic rings. The predicted molar refractivity (Wildman–Crippen MR) is 133 cm³/mol. The molecule has 174 valence electrons. The first-order valence-corrected chi connectivity index (χ1v) is 11.5. The Labute approximate surface area is 204 Å². The van der Waals surface area contributed by atoms with E-state index in [1.807, 2.05) is 48.5 Å². The SMILES string of the molecule is COc1ccc(-c2nnc3c(=O)[nH]c4cc(C(=O)N5CCc6c(Cl)cccc6C5)ccc4n23)cc1. The van der Waals surface area contributed by atoms with Crippen molar-refractivity contribution >= 4 is 34.2 Å². The van der Waals surface area contributed by atoms with Gasteiger partial charge >= 0.3 is 0 Å². The van der Waals surface area contributed by atoms with Crippen LogP contribution in [0.1, 0.15) is 21.5 Å². The molecule has 9 heteroatoms. The fraction of sp³-hybridized carbons (Fsp3) is 0.154. The van der Waals surface area contributed by atoms with Gasteiger partial charge in [0.15, 0.2) is 5.82 Å². The van der Waals surface area contributed by atoms with E-state index in [4.69, 9.17) is 16.3 Å². The van der Waals surface area contributed by atoms with Crippen LogP contribution >= 0.6 is 11.6 Å². The molecule has 0 aliphatic carbocycles. The van der Waals surface area contributed by atoms with Crippen LogP contribution in [0.5, 0.6) is 5.75 Å². The van der Waals surface area contributed by atoms with Crippen molar-refractivity contribution in [3.63, 3.8) is 0 Å². The summed E-state index contributed by atoms with van der Waals surface area (Å²) in [5, 5.41) is 9.10. The molecular weight excluding hydrogens is 466 g/mol. The number of aromatic nitrogens is 4. The van der Waals surface area contributed by atoms with Gasteiger partial charge in [0.25, 0.3) is 11.5 Å². The van der Waals surface area contributed by atoms with Crippen molar-refractivity contribution in [3.8, 4) is 17.1 Å². The molecule has 0 saturated heterocycles. The molecule has 0 fully saturated rings. The maximum absolute atomic E-state index is 13.3. The van der Waals surface area contributed by atoms with Gasteiger partial charge in [0.1, 0.15) is 5.75 Å². The number of hydrogen-bond donors (Lipinski definition) is 1. The van der Waals surface area contributed by atoms with E-state index >= 15 is 0 Å². The Bertz CT molecular complexity index is 1670. The van der Waals surface area contributed by atoms with Gasteiger partial charge < -0.3 is 14.6 Å². The van der Waals surface area contributed by atoms with Gasteiger partial charge in [-0.25, -0.2) is 0 Å². The molecule has 3 aromatic carbocycles. The minimum atomic E-state index is -0.379. The average molecular weight is 486 g/mol. The lowest BCUT2D eigenvalue weighted by molar-refractivity contribution is 0.0735. The summed E-state index contributed by atoms with van der Waals surface area (Å²) in [6.07, 6.45) is 0.706. The molecule has 0 atom stereocenters. The highest BCUT2D eigenvalue weighted by Crippen LogP contribution is 2.28. The fourth-order valence-corrected chi connectivity index (χ4v) is 4.94. The van der Waals surface area contributed by atoms with E-state index in [1.54, 1.807) is 28.5 Å². The summed E-state index contributed by atoms with van der Waals surface area (Å²) in [5.41, 5.74) is 4.48. The number of H-pyrrole nitrogens is 1. The van der Waals surface area contributed by atoms with Gasteiger partial charge in [0.05, 0.1) is 18.1 Å². The Hall–Kier alpha value is -4.17. The first-order chi connectivity index (χ1) is 17.0. The Morgan fingerprint density at radius 2 is 1.91 bits per heavy atom. The molecule has 5 aromatic rings. The van der Waals surface area contributed by atoms with Crippen molar-refractivity contribution in [1.29, 1.82) is 0 Å². The molecule has 6 rings (SSSR count). The van der Waals surface area contributed by atoms with Gasteiger partial charge in [0, 0.05) is 29.2 Å². The van der Waals surface area contributed by atoms with Crippen LogP contribution in [0.3, 0.4) is 0 Å². The second-order valence-electron chi connectivity index (χ2n) is 8.45. The number of carbonyl (C=O) groups is 1. The number of nitrogens with one attached hydrogen (secondary N) is 1. The Kier molecular flexibility index (Phi) is 5.04. The molecule has 0 unspecified atom stereocenters. The zero-order chi connectivity index (χ0) is 24.1. The molecule has 2 aromatic heterocycles. The van der Waals surface area contributed by atoms with E-state index in [-0.39, 0.29) is 17.1 Å². The monoisotopic (exact) mass is 485 g/mol. The largest absolute Gasteiger partial charge is 0.497 e. The van der Waals surface area contributed by atoms with E-state index in [0.717, 1.165) is 27.5 Å². The second kappa shape index (κ2) is 8.25. The summed E-state index contributed by atoms with van der Waals surface area (Å²) in [7, 11) is 1.60. The van der Waals surface area contributed by atoms with Crippen molar-refractivity contribution in [2.45, 2.75) is 13.0 Å². The number of methoxy groups -OCH3 is 1. The quantitative estimate of drug-likeness (QED) is 0.415. The third-order valence-electron chi connectivity index (χ3n) is 6.44. The molecule has 0 bridgehead atoms. The zero-order valence-electron chi connectivity index (χ0n) is 18.8. The molecule has 1 amide bonds. The fourth-order valence-electron chi connectivity index (χ4n) is 4.65.